The van der Waals surface area contributed by atoms with Crippen molar-refractivity contribution in [2.24, 2.45) is 5.41 Å². The first-order valence-electron chi connectivity index (χ1n) is 8.72. The van der Waals surface area contributed by atoms with Crippen LogP contribution in [0.15, 0.2) is 34.7 Å². The first kappa shape index (κ1) is 16.9. The van der Waals surface area contributed by atoms with E-state index in [1.54, 1.807) is 6.92 Å². The lowest BCUT2D eigenvalue weighted by molar-refractivity contribution is -0.155. The average Bonchev–Trinajstić information content (AvgIpc) is 3.29. The van der Waals surface area contributed by atoms with Gasteiger partial charge in [0.25, 0.3) is 5.92 Å². The molecule has 138 valence electrons. The van der Waals surface area contributed by atoms with Crippen molar-refractivity contribution in [2.45, 2.75) is 38.2 Å². The monoisotopic (exact) mass is 362 g/mol. The van der Waals surface area contributed by atoms with Gasteiger partial charge in [-0.2, -0.15) is 0 Å². The second kappa shape index (κ2) is 6.03. The van der Waals surface area contributed by atoms with Crippen LogP contribution in [0.25, 0.3) is 11.5 Å². The van der Waals surface area contributed by atoms with E-state index in [9.17, 15) is 13.6 Å². The van der Waals surface area contributed by atoms with Crippen LogP contribution in [-0.2, 0) is 4.79 Å². The fourth-order valence-corrected chi connectivity index (χ4v) is 3.47. The summed E-state index contributed by atoms with van der Waals surface area (Å²) in [5.41, 5.74) is -0.102. The minimum atomic E-state index is -2.81. The van der Waals surface area contributed by atoms with Gasteiger partial charge in [0.1, 0.15) is 6.04 Å². The van der Waals surface area contributed by atoms with Gasteiger partial charge in [0.2, 0.25) is 11.8 Å². The minimum absolute atomic E-state index is 0.0899. The fourth-order valence-electron chi connectivity index (χ4n) is 3.47. The van der Waals surface area contributed by atoms with E-state index in [-0.39, 0.29) is 11.9 Å². The molecule has 1 N–H and O–H groups in total. The highest BCUT2D eigenvalue weighted by Gasteiger charge is 2.64. The normalized spacial score (nSPS) is 21.4. The summed E-state index contributed by atoms with van der Waals surface area (Å²) in [5.74, 6) is -2.88. The Morgan fingerprint density at radius 1 is 1.23 bits per heavy atom. The first-order valence-corrected chi connectivity index (χ1v) is 8.72. The molecule has 1 aliphatic carbocycles. The smallest absolute Gasteiger partial charge is 0.316 e. The Labute approximate surface area is 149 Å². The van der Waals surface area contributed by atoms with Crippen LogP contribution in [0.2, 0.25) is 0 Å². The maximum absolute atomic E-state index is 14.3. The molecular formula is C18H20F2N4O2. The zero-order valence-corrected chi connectivity index (χ0v) is 14.4. The van der Waals surface area contributed by atoms with Crippen LogP contribution in [0.1, 0.15) is 26.2 Å². The molecule has 6 nitrogen and oxygen atoms in total. The minimum Gasteiger partial charge on any atom is -0.403 e. The number of nitrogens with zero attached hydrogens (tertiary/aromatic N) is 3. The number of hydrogen-bond acceptors (Lipinski definition) is 5. The van der Waals surface area contributed by atoms with E-state index in [0.29, 0.717) is 31.7 Å². The van der Waals surface area contributed by atoms with E-state index >= 15 is 0 Å². The van der Waals surface area contributed by atoms with Gasteiger partial charge in [0.05, 0.1) is 6.54 Å². The quantitative estimate of drug-likeness (QED) is 0.904. The highest BCUT2D eigenvalue weighted by atomic mass is 19.3. The van der Waals surface area contributed by atoms with Crippen LogP contribution in [0.4, 0.5) is 14.8 Å². The highest BCUT2D eigenvalue weighted by Crippen LogP contribution is 2.61. The lowest BCUT2D eigenvalue weighted by Gasteiger charge is -2.39. The molecule has 2 fully saturated rings. The van der Waals surface area contributed by atoms with E-state index in [0.717, 1.165) is 5.56 Å². The van der Waals surface area contributed by atoms with Gasteiger partial charge < -0.3 is 14.6 Å². The number of rotatable bonds is 4. The molecule has 1 amide bonds. The maximum atomic E-state index is 14.3. The van der Waals surface area contributed by atoms with Crippen molar-refractivity contribution >= 4 is 11.9 Å². The number of aromatic nitrogens is 2. The standard InChI is InChI=1S/C18H20F2N4O2/c1-12(15(25)24-10-9-17(7-8-17)18(19,20)11-24)21-16-23-22-14(26-16)13-5-3-2-4-6-13/h2-6,12H,7-11H2,1H3,(H,21,23)/t12-/m0/s1. The van der Waals surface area contributed by atoms with Crippen molar-refractivity contribution in [2.75, 3.05) is 18.4 Å². The van der Waals surface area contributed by atoms with Gasteiger partial charge in [-0.15, -0.1) is 5.10 Å². The maximum Gasteiger partial charge on any atom is 0.316 e. The van der Waals surface area contributed by atoms with Crippen LogP contribution < -0.4 is 5.32 Å². The van der Waals surface area contributed by atoms with Gasteiger partial charge in [-0.3, -0.25) is 4.79 Å². The Morgan fingerprint density at radius 3 is 2.62 bits per heavy atom. The molecule has 1 aromatic heterocycles. The number of carbonyl (C=O) groups excluding carboxylic acids is 1. The van der Waals surface area contributed by atoms with Crippen LogP contribution in [0.5, 0.6) is 0 Å². The molecule has 4 rings (SSSR count). The Morgan fingerprint density at radius 2 is 1.96 bits per heavy atom. The third-order valence-corrected chi connectivity index (χ3v) is 5.35. The molecule has 2 heterocycles. The Bertz CT molecular complexity index is 805. The number of anilines is 1. The molecule has 8 heteroatoms. The third kappa shape index (κ3) is 2.93. The van der Waals surface area contributed by atoms with Crippen molar-refractivity contribution in [3.63, 3.8) is 0 Å². The number of carbonyl (C=O) groups is 1. The molecule has 0 bridgehead atoms. The molecule has 1 aliphatic heterocycles. The topological polar surface area (TPSA) is 71.3 Å². The molecule has 2 aromatic rings. The molecule has 1 aromatic carbocycles. The predicted molar refractivity (Wildman–Crippen MR) is 90.6 cm³/mol. The van der Waals surface area contributed by atoms with Crippen LogP contribution in [-0.4, -0.2) is 46.1 Å². The van der Waals surface area contributed by atoms with E-state index < -0.39 is 23.9 Å². The number of halogens is 2. The molecule has 0 radical (unpaired) electrons. The van der Waals surface area contributed by atoms with Crippen LogP contribution >= 0.6 is 0 Å². The van der Waals surface area contributed by atoms with E-state index in [4.69, 9.17) is 4.42 Å². The molecule has 0 unspecified atom stereocenters. The Hall–Kier alpha value is -2.51. The van der Waals surface area contributed by atoms with E-state index in [1.165, 1.54) is 4.90 Å². The summed E-state index contributed by atoms with van der Waals surface area (Å²) in [6.45, 7) is 1.45. The summed E-state index contributed by atoms with van der Waals surface area (Å²) in [7, 11) is 0. The summed E-state index contributed by atoms with van der Waals surface area (Å²) < 4.78 is 34.1. The van der Waals surface area contributed by atoms with Crippen molar-refractivity contribution in [1.29, 1.82) is 0 Å². The Balaban J connectivity index is 1.40. The molecule has 1 spiro atoms. The number of likely N-dealkylation sites (tertiary alicyclic amines) is 1. The second-order valence-electron chi connectivity index (χ2n) is 7.14. The van der Waals surface area contributed by atoms with Gasteiger partial charge >= 0.3 is 6.01 Å². The zero-order valence-electron chi connectivity index (χ0n) is 14.4. The van der Waals surface area contributed by atoms with E-state index in [1.807, 2.05) is 30.3 Å². The highest BCUT2D eigenvalue weighted by molar-refractivity contribution is 5.84. The first-order chi connectivity index (χ1) is 12.4. The summed E-state index contributed by atoms with van der Waals surface area (Å²) in [4.78, 5) is 13.8. The number of alkyl halides is 2. The van der Waals surface area contributed by atoms with E-state index in [2.05, 4.69) is 15.5 Å². The summed E-state index contributed by atoms with van der Waals surface area (Å²) in [6.07, 6.45) is 1.47. The number of nitrogens with one attached hydrogen (secondary N) is 1. The summed E-state index contributed by atoms with van der Waals surface area (Å²) >= 11 is 0. The van der Waals surface area contributed by atoms with Crippen molar-refractivity contribution in [3.8, 4) is 11.5 Å². The predicted octanol–water partition coefficient (Wildman–Crippen LogP) is 3.18. The lowest BCUT2D eigenvalue weighted by atomic mass is 9.89. The molecule has 1 saturated carbocycles. The second-order valence-corrected chi connectivity index (χ2v) is 7.14. The SMILES string of the molecule is C[C@H](Nc1nnc(-c2ccccc2)o1)C(=O)N1CCC2(CC2)C(F)(F)C1. The van der Waals surface area contributed by atoms with Crippen LogP contribution in [0, 0.1) is 5.41 Å². The summed E-state index contributed by atoms with van der Waals surface area (Å²) in [6, 6.07) is 8.59. The summed E-state index contributed by atoms with van der Waals surface area (Å²) in [5, 5.41) is 10.6. The number of hydrogen-bond donors (Lipinski definition) is 1. The molecule has 26 heavy (non-hydrogen) atoms. The van der Waals surface area contributed by atoms with Gasteiger partial charge in [-0.25, -0.2) is 8.78 Å². The van der Waals surface area contributed by atoms with Crippen molar-refractivity contribution in [1.82, 2.24) is 15.1 Å². The van der Waals surface area contributed by atoms with Gasteiger partial charge in [0, 0.05) is 17.5 Å². The van der Waals surface area contributed by atoms with Crippen LogP contribution in [0.3, 0.4) is 0 Å². The lowest BCUT2D eigenvalue weighted by Crippen LogP contribution is -2.54. The molecule has 2 aliphatic rings. The van der Waals surface area contributed by atoms with Crippen molar-refractivity contribution in [3.05, 3.63) is 30.3 Å². The van der Waals surface area contributed by atoms with Gasteiger partial charge in [-0.1, -0.05) is 23.3 Å². The molecule has 1 saturated heterocycles. The fraction of sp³-hybridized carbons (Fsp3) is 0.500. The molecular weight excluding hydrogens is 342 g/mol. The van der Waals surface area contributed by atoms with Gasteiger partial charge in [-0.05, 0) is 38.3 Å². The molecule has 1 atom stereocenters. The third-order valence-electron chi connectivity index (χ3n) is 5.35. The Kier molecular flexibility index (Phi) is 3.93. The van der Waals surface area contributed by atoms with Crippen molar-refractivity contribution < 1.29 is 18.0 Å². The largest absolute Gasteiger partial charge is 0.403 e. The number of benzene rings is 1. The zero-order chi connectivity index (χ0) is 18.4. The average molecular weight is 362 g/mol. The number of amides is 1. The number of piperidine rings is 1. The van der Waals surface area contributed by atoms with Gasteiger partial charge in [0.15, 0.2) is 0 Å².